The Kier molecular flexibility index (Phi) is 3.00. The lowest BCUT2D eigenvalue weighted by Crippen LogP contribution is -2.38. The van der Waals surface area contributed by atoms with E-state index >= 15 is 0 Å². The number of benzene rings is 1. The number of fused-ring (bicyclic) bond motifs is 3. The number of phosphoric ester groups is 1. The van der Waals surface area contributed by atoms with Crippen LogP contribution in [0.1, 0.15) is 25.0 Å². The van der Waals surface area contributed by atoms with Crippen LogP contribution in [-0.4, -0.2) is 24.4 Å². The predicted molar refractivity (Wildman–Crippen MR) is 88.4 cm³/mol. The molecule has 0 atom stereocenters. The molecular formula is C16H15N4O4P. The van der Waals surface area contributed by atoms with Gasteiger partial charge in [0.1, 0.15) is 5.82 Å². The first-order valence-corrected chi connectivity index (χ1v) is 9.49. The maximum Gasteiger partial charge on any atom is 0.478 e. The highest BCUT2D eigenvalue weighted by Gasteiger charge is 2.55. The second-order valence-electron chi connectivity index (χ2n) is 6.38. The van der Waals surface area contributed by atoms with Gasteiger partial charge in [-0.25, -0.2) is 28.6 Å². The van der Waals surface area contributed by atoms with Gasteiger partial charge in [0.05, 0.1) is 11.0 Å². The van der Waals surface area contributed by atoms with E-state index in [1.165, 1.54) is 6.92 Å². The summed E-state index contributed by atoms with van der Waals surface area (Å²) in [4.78, 5) is 22.3. The monoisotopic (exact) mass is 358 g/mol. The van der Waals surface area contributed by atoms with Gasteiger partial charge in [-0.3, -0.25) is 0 Å². The van der Waals surface area contributed by atoms with Crippen molar-refractivity contribution in [2.24, 2.45) is 0 Å². The minimum atomic E-state index is -3.94. The maximum atomic E-state index is 11.2. The molecule has 8 nitrogen and oxygen atoms in total. The number of hydrogen-bond donors (Lipinski definition) is 1. The van der Waals surface area contributed by atoms with Crippen LogP contribution in [0, 0.1) is 0 Å². The quantitative estimate of drug-likeness (QED) is 0.703. The Morgan fingerprint density at radius 1 is 1.24 bits per heavy atom. The molecule has 3 aromatic rings. The molecule has 0 bridgehead atoms. The van der Waals surface area contributed by atoms with E-state index in [0.29, 0.717) is 0 Å². The molecule has 2 aromatic heterocycles. The molecule has 0 unspecified atom stereocenters. The maximum absolute atomic E-state index is 11.2. The standard InChI is InChI=1S/C16H15N4O4P/c1-16(23-25(21,22)24-16)15-17-8-11(9-18-15)10-4-5-12-13(7-10)20-6-2-3-14(20)19-12/h4-5,7-9H,2-3,6H2,1H3,(H,21,22). The van der Waals surface area contributed by atoms with E-state index in [1.54, 1.807) is 12.4 Å². The highest BCUT2D eigenvalue weighted by atomic mass is 31.2. The van der Waals surface area contributed by atoms with Crippen molar-refractivity contribution in [2.75, 3.05) is 0 Å². The molecule has 128 valence electrons. The first-order valence-electron chi connectivity index (χ1n) is 8.00. The van der Waals surface area contributed by atoms with Crippen molar-refractivity contribution >= 4 is 18.9 Å². The fraction of sp³-hybridized carbons (Fsp3) is 0.312. The molecule has 2 aliphatic heterocycles. The van der Waals surface area contributed by atoms with Gasteiger partial charge in [-0.15, -0.1) is 0 Å². The molecule has 0 aliphatic carbocycles. The van der Waals surface area contributed by atoms with Gasteiger partial charge in [-0.2, -0.15) is 0 Å². The number of phosphoric acid groups is 1. The van der Waals surface area contributed by atoms with Gasteiger partial charge in [0.15, 0.2) is 5.82 Å². The molecule has 1 fully saturated rings. The SMILES string of the molecule is CC1(c2ncc(-c3ccc4nc5n(c4c3)CCC5)cn2)OP(=O)(O)O1. The highest BCUT2D eigenvalue weighted by molar-refractivity contribution is 7.48. The van der Waals surface area contributed by atoms with Crippen LogP contribution in [0.5, 0.6) is 0 Å². The van der Waals surface area contributed by atoms with Gasteiger partial charge in [-0.1, -0.05) is 6.07 Å². The van der Waals surface area contributed by atoms with Crippen LogP contribution < -0.4 is 0 Å². The second kappa shape index (κ2) is 4.95. The molecule has 1 aromatic carbocycles. The van der Waals surface area contributed by atoms with Gasteiger partial charge in [0.2, 0.25) is 5.79 Å². The molecule has 0 spiro atoms. The molecule has 0 radical (unpaired) electrons. The van der Waals surface area contributed by atoms with Crippen molar-refractivity contribution < 1.29 is 18.5 Å². The lowest BCUT2D eigenvalue weighted by Gasteiger charge is -2.38. The number of imidazole rings is 1. The van der Waals surface area contributed by atoms with Gasteiger partial charge >= 0.3 is 7.82 Å². The summed E-state index contributed by atoms with van der Waals surface area (Å²) in [6.45, 7) is 2.51. The zero-order valence-corrected chi connectivity index (χ0v) is 14.3. The van der Waals surface area contributed by atoms with Crippen molar-refractivity contribution in [2.45, 2.75) is 32.1 Å². The van der Waals surface area contributed by atoms with Crippen molar-refractivity contribution in [1.29, 1.82) is 0 Å². The third-order valence-corrected chi connectivity index (χ3v) is 5.74. The van der Waals surface area contributed by atoms with Crippen molar-refractivity contribution in [3.8, 4) is 11.1 Å². The van der Waals surface area contributed by atoms with Crippen LogP contribution in [0.15, 0.2) is 30.6 Å². The number of hydrogen-bond acceptors (Lipinski definition) is 6. The van der Waals surface area contributed by atoms with Gasteiger partial charge < -0.3 is 9.46 Å². The van der Waals surface area contributed by atoms with Crippen molar-refractivity contribution in [3.63, 3.8) is 0 Å². The molecule has 25 heavy (non-hydrogen) atoms. The number of aromatic nitrogens is 4. The first kappa shape index (κ1) is 15.2. The highest BCUT2D eigenvalue weighted by Crippen LogP contribution is 2.64. The second-order valence-corrected chi connectivity index (χ2v) is 7.68. The fourth-order valence-electron chi connectivity index (χ4n) is 3.43. The Balaban J connectivity index is 1.49. The molecule has 1 saturated heterocycles. The Bertz CT molecular complexity index is 1040. The van der Waals surface area contributed by atoms with E-state index in [-0.39, 0.29) is 5.82 Å². The smallest absolute Gasteiger partial charge is 0.328 e. The largest absolute Gasteiger partial charge is 0.478 e. The number of rotatable bonds is 2. The van der Waals surface area contributed by atoms with Gasteiger partial charge in [0, 0.05) is 30.9 Å². The van der Waals surface area contributed by atoms with Crippen LogP contribution in [0.2, 0.25) is 0 Å². The van der Waals surface area contributed by atoms with E-state index in [0.717, 1.165) is 47.4 Å². The Morgan fingerprint density at radius 2 is 2.00 bits per heavy atom. The van der Waals surface area contributed by atoms with E-state index in [9.17, 15) is 4.57 Å². The van der Waals surface area contributed by atoms with E-state index < -0.39 is 13.6 Å². The molecule has 2 aliphatic rings. The average Bonchev–Trinajstić information content (AvgIpc) is 3.13. The molecule has 1 N–H and O–H groups in total. The topological polar surface area (TPSA) is 99.4 Å². The zero-order valence-electron chi connectivity index (χ0n) is 13.4. The van der Waals surface area contributed by atoms with E-state index in [4.69, 9.17) is 13.9 Å². The summed E-state index contributed by atoms with van der Waals surface area (Å²) in [6.07, 6.45) is 5.47. The van der Waals surface area contributed by atoms with E-state index in [2.05, 4.69) is 25.6 Å². The van der Waals surface area contributed by atoms with Gasteiger partial charge in [-0.05, 0) is 31.0 Å². The summed E-state index contributed by atoms with van der Waals surface area (Å²) in [5, 5.41) is 0. The number of nitrogens with zero attached hydrogens (tertiary/aromatic N) is 4. The van der Waals surface area contributed by atoms with Crippen LogP contribution in [0.3, 0.4) is 0 Å². The van der Waals surface area contributed by atoms with Crippen LogP contribution in [0.25, 0.3) is 22.2 Å². The first-order chi connectivity index (χ1) is 11.9. The molecular weight excluding hydrogens is 343 g/mol. The minimum Gasteiger partial charge on any atom is -0.328 e. The summed E-state index contributed by atoms with van der Waals surface area (Å²) < 4.78 is 23.2. The van der Waals surface area contributed by atoms with E-state index in [1.807, 2.05) is 12.1 Å². The van der Waals surface area contributed by atoms with Crippen LogP contribution in [-0.2, 0) is 32.4 Å². The fourth-order valence-corrected chi connectivity index (χ4v) is 4.49. The van der Waals surface area contributed by atoms with Crippen LogP contribution in [0.4, 0.5) is 0 Å². The molecule has 0 saturated carbocycles. The molecule has 0 amide bonds. The summed E-state index contributed by atoms with van der Waals surface area (Å²) >= 11 is 0. The lowest BCUT2D eigenvalue weighted by molar-refractivity contribution is -0.217. The summed E-state index contributed by atoms with van der Waals surface area (Å²) in [5.41, 5.74) is 3.95. The zero-order chi connectivity index (χ0) is 17.2. The summed E-state index contributed by atoms with van der Waals surface area (Å²) in [5.74, 6) is -0.0264. The Labute approximate surface area is 143 Å². The van der Waals surface area contributed by atoms with Crippen molar-refractivity contribution in [3.05, 3.63) is 42.2 Å². The van der Waals surface area contributed by atoms with Crippen molar-refractivity contribution in [1.82, 2.24) is 19.5 Å². The summed E-state index contributed by atoms with van der Waals surface area (Å²) in [6, 6.07) is 6.09. The third kappa shape index (κ3) is 2.33. The van der Waals surface area contributed by atoms with Gasteiger partial charge in [0.25, 0.3) is 0 Å². The normalized spacial score (nSPS) is 28.1. The Morgan fingerprint density at radius 3 is 2.72 bits per heavy atom. The number of aryl methyl sites for hydroxylation is 2. The average molecular weight is 358 g/mol. The van der Waals surface area contributed by atoms with Crippen LogP contribution >= 0.6 is 7.82 Å². The Hall–Kier alpha value is -2.12. The molecule has 5 rings (SSSR count). The minimum absolute atomic E-state index is 0.211. The molecule has 4 heterocycles. The summed E-state index contributed by atoms with van der Waals surface area (Å²) in [7, 11) is -3.94. The lowest BCUT2D eigenvalue weighted by atomic mass is 10.1. The molecule has 9 heteroatoms. The predicted octanol–water partition coefficient (Wildman–Crippen LogP) is 2.76. The third-order valence-electron chi connectivity index (χ3n) is 4.58.